The first-order valence-corrected chi connectivity index (χ1v) is 10.8. The molecule has 2 aromatic carbocycles. The van der Waals surface area contributed by atoms with Crippen LogP contribution in [0, 0.1) is 0 Å². The summed E-state index contributed by atoms with van der Waals surface area (Å²) in [4.78, 5) is 32.6. The number of pyridine rings is 1. The molecule has 4 rings (SSSR count). The van der Waals surface area contributed by atoms with Crippen molar-refractivity contribution >= 4 is 50.9 Å². The second-order valence-electron chi connectivity index (χ2n) is 6.54. The molecule has 1 aliphatic heterocycles. The van der Waals surface area contributed by atoms with Gasteiger partial charge in [0.2, 0.25) is 5.91 Å². The van der Waals surface area contributed by atoms with Crippen LogP contribution in [0.1, 0.15) is 23.2 Å². The molecule has 3 aromatic rings. The van der Waals surface area contributed by atoms with E-state index in [1.54, 1.807) is 23.2 Å². The molecular weight excluding hydrogens is 450 g/mol. The summed E-state index contributed by atoms with van der Waals surface area (Å²) in [6, 6.07) is 18.8. The van der Waals surface area contributed by atoms with Crippen LogP contribution in [-0.4, -0.2) is 23.3 Å². The molecule has 0 spiro atoms. The van der Waals surface area contributed by atoms with Gasteiger partial charge < -0.3 is 10.2 Å². The van der Waals surface area contributed by atoms with Crippen molar-refractivity contribution < 1.29 is 9.59 Å². The average Bonchev–Trinajstić information content (AvgIpc) is 2.85. The summed E-state index contributed by atoms with van der Waals surface area (Å²) in [5.74, 6) is -0.154. The van der Waals surface area contributed by atoms with Gasteiger partial charge in [-0.25, -0.2) is 4.98 Å². The molecule has 146 valence electrons. The van der Waals surface area contributed by atoms with Crippen LogP contribution in [0.2, 0.25) is 0 Å². The number of fused-ring (bicyclic) bond motifs is 2. The lowest BCUT2D eigenvalue weighted by Crippen LogP contribution is -2.32. The molecule has 1 N–H and O–H groups in total. The predicted molar refractivity (Wildman–Crippen MR) is 118 cm³/mol. The number of hydrogen-bond acceptors (Lipinski definition) is 4. The van der Waals surface area contributed by atoms with Gasteiger partial charge in [0.15, 0.2) is 0 Å². The maximum Gasteiger partial charge on any atom is 0.261 e. The zero-order valence-corrected chi connectivity index (χ0v) is 17.9. The molecule has 0 radical (unpaired) electrons. The number of anilines is 2. The normalized spacial score (nSPS) is 12.7. The average molecular weight is 468 g/mol. The molecule has 5 nitrogen and oxygen atoms in total. The summed E-state index contributed by atoms with van der Waals surface area (Å²) in [6.07, 6.45) is 2.58. The van der Waals surface area contributed by atoms with E-state index in [1.807, 2.05) is 48.5 Å². The Kier molecular flexibility index (Phi) is 5.97. The number of halogens is 1. The van der Waals surface area contributed by atoms with Gasteiger partial charge in [0, 0.05) is 34.2 Å². The van der Waals surface area contributed by atoms with Gasteiger partial charge in [0.25, 0.3) is 5.91 Å². The lowest BCUT2D eigenvalue weighted by Gasteiger charge is -2.22. The molecule has 0 fully saturated rings. The van der Waals surface area contributed by atoms with E-state index in [2.05, 4.69) is 26.2 Å². The van der Waals surface area contributed by atoms with Crippen molar-refractivity contribution in [2.75, 3.05) is 16.8 Å². The van der Waals surface area contributed by atoms with Crippen LogP contribution in [-0.2, 0) is 4.79 Å². The fourth-order valence-corrected chi connectivity index (χ4v) is 4.42. The standard InChI is InChI=1S/C22H18BrN3O2S/c23-15-9-11-16(12-10-15)25-20(27)8-4-14-26-18-6-1-2-7-19(18)29-21-17(22(26)28)5-3-13-24-21/h1-3,5-7,9-13H,4,8,14H2,(H,25,27). The van der Waals surface area contributed by atoms with Gasteiger partial charge in [0.05, 0.1) is 11.3 Å². The highest BCUT2D eigenvalue weighted by Gasteiger charge is 2.27. The number of para-hydroxylation sites is 1. The van der Waals surface area contributed by atoms with Crippen molar-refractivity contribution in [2.24, 2.45) is 0 Å². The molecular formula is C22H18BrN3O2S. The zero-order valence-electron chi connectivity index (χ0n) is 15.5. The lowest BCUT2D eigenvalue weighted by atomic mass is 10.2. The Hall–Kier alpha value is -2.64. The number of carbonyl (C=O) groups is 2. The molecule has 29 heavy (non-hydrogen) atoms. The maximum absolute atomic E-state index is 13.2. The minimum Gasteiger partial charge on any atom is -0.326 e. The molecule has 0 saturated heterocycles. The van der Waals surface area contributed by atoms with Crippen LogP contribution in [0.5, 0.6) is 0 Å². The van der Waals surface area contributed by atoms with Gasteiger partial charge >= 0.3 is 0 Å². The van der Waals surface area contributed by atoms with Crippen molar-refractivity contribution in [3.05, 3.63) is 76.9 Å². The van der Waals surface area contributed by atoms with Crippen LogP contribution < -0.4 is 10.2 Å². The Balaban J connectivity index is 1.46. The second-order valence-corrected chi connectivity index (χ2v) is 8.49. The number of amides is 2. The number of aromatic nitrogens is 1. The Morgan fingerprint density at radius 2 is 1.86 bits per heavy atom. The topological polar surface area (TPSA) is 62.3 Å². The Bertz CT molecular complexity index is 1060. The molecule has 7 heteroatoms. The van der Waals surface area contributed by atoms with Gasteiger partial charge in [-0.05, 0) is 55.0 Å². The quantitative estimate of drug-likeness (QED) is 0.547. The summed E-state index contributed by atoms with van der Waals surface area (Å²) in [5.41, 5.74) is 2.20. The summed E-state index contributed by atoms with van der Waals surface area (Å²) in [5, 5.41) is 3.60. The van der Waals surface area contributed by atoms with E-state index in [0.29, 0.717) is 30.0 Å². The van der Waals surface area contributed by atoms with E-state index in [-0.39, 0.29) is 11.8 Å². The minimum absolute atomic E-state index is 0.0701. The van der Waals surface area contributed by atoms with E-state index in [4.69, 9.17) is 0 Å². The zero-order chi connectivity index (χ0) is 20.2. The number of nitrogens with one attached hydrogen (secondary N) is 1. The third kappa shape index (κ3) is 4.52. The molecule has 1 aromatic heterocycles. The Labute approximate surface area is 181 Å². The highest BCUT2D eigenvalue weighted by molar-refractivity contribution is 9.10. The van der Waals surface area contributed by atoms with Crippen LogP contribution >= 0.6 is 27.7 Å². The van der Waals surface area contributed by atoms with Crippen molar-refractivity contribution in [1.29, 1.82) is 0 Å². The van der Waals surface area contributed by atoms with Crippen molar-refractivity contribution in [3.63, 3.8) is 0 Å². The fraction of sp³-hybridized carbons (Fsp3) is 0.136. The molecule has 2 heterocycles. The first-order valence-electron chi connectivity index (χ1n) is 9.21. The molecule has 2 amide bonds. The van der Waals surface area contributed by atoms with E-state index < -0.39 is 0 Å². The minimum atomic E-state index is -0.0844. The Morgan fingerprint density at radius 3 is 2.69 bits per heavy atom. The van der Waals surface area contributed by atoms with Crippen LogP contribution in [0.25, 0.3) is 0 Å². The number of hydrogen-bond donors (Lipinski definition) is 1. The smallest absolute Gasteiger partial charge is 0.261 e. The predicted octanol–water partition coefficient (Wildman–Crippen LogP) is 5.37. The number of benzene rings is 2. The Morgan fingerprint density at radius 1 is 1.07 bits per heavy atom. The summed E-state index contributed by atoms with van der Waals surface area (Å²) < 4.78 is 0.960. The van der Waals surface area contributed by atoms with Crippen LogP contribution in [0.4, 0.5) is 11.4 Å². The van der Waals surface area contributed by atoms with E-state index >= 15 is 0 Å². The number of carbonyl (C=O) groups excluding carboxylic acids is 2. The van der Waals surface area contributed by atoms with Crippen LogP contribution in [0.3, 0.4) is 0 Å². The molecule has 0 unspecified atom stereocenters. The number of rotatable bonds is 5. The molecule has 0 saturated carbocycles. The van der Waals surface area contributed by atoms with Gasteiger partial charge in [0.1, 0.15) is 5.03 Å². The number of nitrogens with zero attached hydrogens (tertiary/aromatic N) is 2. The summed E-state index contributed by atoms with van der Waals surface area (Å²) in [7, 11) is 0. The van der Waals surface area contributed by atoms with Gasteiger partial charge in [-0.15, -0.1) is 0 Å². The summed E-state index contributed by atoms with van der Waals surface area (Å²) in [6.45, 7) is 0.457. The van der Waals surface area contributed by atoms with E-state index in [9.17, 15) is 9.59 Å². The molecule has 0 atom stereocenters. The highest BCUT2D eigenvalue weighted by Crippen LogP contribution is 2.40. The lowest BCUT2D eigenvalue weighted by molar-refractivity contribution is -0.116. The first kappa shape index (κ1) is 19.7. The SMILES string of the molecule is O=C(CCCN1C(=O)c2cccnc2Sc2ccccc21)Nc1ccc(Br)cc1. The highest BCUT2D eigenvalue weighted by atomic mass is 79.9. The monoisotopic (exact) mass is 467 g/mol. The molecule has 1 aliphatic rings. The fourth-order valence-electron chi connectivity index (χ4n) is 3.14. The van der Waals surface area contributed by atoms with Gasteiger partial charge in [-0.1, -0.05) is 39.8 Å². The third-order valence-corrected chi connectivity index (χ3v) is 6.14. The van der Waals surface area contributed by atoms with Crippen molar-refractivity contribution in [3.8, 4) is 0 Å². The van der Waals surface area contributed by atoms with E-state index in [0.717, 1.165) is 20.7 Å². The third-order valence-electron chi connectivity index (χ3n) is 4.52. The van der Waals surface area contributed by atoms with Gasteiger partial charge in [-0.2, -0.15) is 0 Å². The maximum atomic E-state index is 13.2. The van der Waals surface area contributed by atoms with E-state index in [1.165, 1.54) is 11.8 Å². The summed E-state index contributed by atoms with van der Waals surface area (Å²) >= 11 is 4.87. The van der Waals surface area contributed by atoms with Crippen molar-refractivity contribution in [2.45, 2.75) is 22.8 Å². The first-order chi connectivity index (χ1) is 14.1. The van der Waals surface area contributed by atoms with Gasteiger partial charge in [-0.3, -0.25) is 9.59 Å². The molecule has 0 bridgehead atoms. The largest absolute Gasteiger partial charge is 0.326 e. The molecule has 0 aliphatic carbocycles. The second kappa shape index (κ2) is 8.80. The van der Waals surface area contributed by atoms with Crippen LogP contribution in [0.15, 0.2) is 81.3 Å². The van der Waals surface area contributed by atoms with Crippen molar-refractivity contribution in [1.82, 2.24) is 4.98 Å².